The fourth-order valence-corrected chi connectivity index (χ4v) is 4.30. The van der Waals surface area contributed by atoms with Crippen LogP contribution in [0.5, 0.6) is 0 Å². The zero-order valence-electron chi connectivity index (χ0n) is 19.5. The van der Waals surface area contributed by atoms with Crippen molar-refractivity contribution < 1.29 is 14.1 Å². The molecule has 1 amide bonds. The second-order valence-electron chi connectivity index (χ2n) is 8.71. The minimum atomic E-state index is -0.173. The number of ether oxygens (including phenoxy) is 1. The lowest BCUT2D eigenvalue weighted by molar-refractivity contribution is 0.0340. The van der Waals surface area contributed by atoms with Crippen LogP contribution in [-0.2, 0) is 17.8 Å². The fraction of sp³-hybridized carbons (Fsp3) is 0.296. The van der Waals surface area contributed by atoms with E-state index in [9.17, 15) is 4.79 Å². The minimum Gasteiger partial charge on any atom is -0.379 e. The number of carbonyl (C=O) groups excluding carboxylic acids is 1. The molecule has 1 N–H and O–H groups in total. The number of hydrogen-bond acceptors (Lipinski definition) is 6. The van der Waals surface area contributed by atoms with Crippen molar-refractivity contribution in [3.05, 3.63) is 82.5 Å². The fourth-order valence-electron chi connectivity index (χ4n) is 4.30. The van der Waals surface area contributed by atoms with Crippen LogP contribution in [0.2, 0.25) is 0 Å². The van der Waals surface area contributed by atoms with Gasteiger partial charge in [0.2, 0.25) is 0 Å². The molecule has 5 rings (SSSR count). The third-order valence-electron chi connectivity index (χ3n) is 6.26. The van der Waals surface area contributed by atoms with Crippen molar-refractivity contribution in [2.24, 2.45) is 0 Å². The molecule has 2 aromatic carbocycles. The van der Waals surface area contributed by atoms with Crippen LogP contribution in [0, 0.1) is 13.8 Å². The average molecular weight is 457 g/mol. The van der Waals surface area contributed by atoms with Crippen molar-refractivity contribution in [3.8, 4) is 11.3 Å². The Bertz CT molecular complexity index is 1310. The zero-order chi connectivity index (χ0) is 23.5. The lowest BCUT2D eigenvalue weighted by Gasteiger charge is -2.27. The number of benzene rings is 2. The summed E-state index contributed by atoms with van der Waals surface area (Å²) in [7, 11) is 0. The maximum atomic E-state index is 13.4. The molecule has 0 atom stereocenters. The second-order valence-corrected chi connectivity index (χ2v) is 8.71. The molecule has 1 saturated heterocycles. The van der Waals surface area contributed by atoms with E-state index < -0.39 is 0 Å². The van der Waals surface area contributed by atoms with E-state index in [1.807, 2.05) is 56.3 Å². The van der Waals surface area contributed by atoms with Gasteiger partial charge in [-0.3, -0.25) is 9.69 Å². The molecule has 7 heteroatoms. The second kappa shape index (κ2) is 9.75. The summed E-state index contributed by atoms with van der Waals surface area (Å²) < 4.78 is 10.9. The van der Waals surface area contributed by atoms with Crippen LogP contribution in [0.3, 0.4) is 0 Å². The number of carbonyl (C=O) groups is 1. The predicted octanol–water partition coefficient (Wildman–Crippen LogP) is 4.27. The lowest BCUT2D eigenvalue weighted by Crippen LogP contribution is -2.36. The molecule has 1 aliphatic heterocycles. The van der Waals surface area contributed by atoms with Crippen LogP contribution in [0.15, 0.2) is 59.1 Å². The monoisotopic (exact) mass is 456 g/mol. The Hall–Kier alpha value is -3.55. The summed E-state index contributed by atoms with van der Waals surface area (Å²) in [4.78, 5) is 20.4. The van der Waals surface area contributed by atoms with E-state index in [0.29, 0.717) is 34.6 Å². The van der Waals surface area contributed by atoms with Gasteiger partial charge >= 0.3 is 0 Å². The molecule has 0 saturated carbocycles. The van der Waals surface area contributed by atoms with Gasteiger partial charge in [0.1, 0.15) is 0 Å². The Labute approximate surface area is 198 Å². The number of aryl methyl sites for hydroxylation is 2. The van der Waals surface area contributed by atoms with E-state index in [-0.39, 0.29) is 5.91 Å². The first-order chi connectivity index (χ1) is 16.6. The van der Waals surface area contributed by atoms with Gasteiger partial charge in [0.15, 0.2) is 0 Å². The molecule has 0 spiro atoms. The summed E-state index contributed by atoms with van der Waals surface area (Å²) in [6.07, 6.45) is 0. The number of morpholine rings is 1. The van der Waals surface area contributed by atoms with E-state index in [1.165, 1.54) is 5.56 Å². The Morgan fingerprint density at radius 3 is 2.53 bits per heavy atom. The molecule has 1 aliphatic rings. The molecule has 0 radical (unpaired) electrons. The number of nitrogens with one attached hydrogen (secondary N) is 1. The standard InChI is InChI=1S/C27H28N4O3/c1-18-7-9-20(10-8-18)24-15-23(25-19(2)30-34-27(25)29-24)26(32)28-16-21-5-3-4-6-22(21)17-31-11-13-33-14-12-31/h3-10,15H,11-14,16-17H2,1-2H3,(H,28,32). The topological polar surface area (TPSA) is 80.5 Å². The number of aromatic nitrogens is 2. The van der Waals surface area contributed by atoms with E-state index in [0.717, 1.165) is 49.5 Å². The summed E-state index contributed by atoms with van der Waals surface area (Å²) in [5.41, 5.74) is 6.62. The third kappa shape index (κ3) is 4.71. The SMILES string of the molecule is Cc1ccc(-c2cc(C(=O)NCc3ccccc3CN3CCOCC3)c3c(C)noc3n2)cc1. The smallest absolute Gasteiger partial charge is 0.259 e. The van der Waals surface area contributed by atoms with Crippen molar-refractivity contribution >= 4 is 17.0 Å². The van der Waals surface area contributed by atoms with Crippen molar-refractivity contribution in [1.29, 1.82) is 0 Å². The summed E-state index contributed by atoms with van der Waals surface area (Å²) in [6.45, 7) is 8.51. The first kappa shape index (κ1) is 22.3. The van der Waals surface area contributed by atoms with Gasteiger partial charge in [0.25, 0.3) is 11.6 Å². The van der Waals surface area contributed by atoms with Gasteiger partial charge in [-0.15, -0.1) is 0 Å². The molecule has 174 valence electrons. The Morgan fingerprint density at radius 2 is 1.76 bits per heavy atom. The van der Waals surface area contributed by atoms with Crippen LogP contribution >= 0.6 is 0 Å². The summed E-state index contributed by atoms with van der Waals surface area (Å²) in [5.74, 6) is -0.173. The van der Waals surface area contributed by atoms with E-state index >= 15 is 0 Å². The highest BCUT2D eigenvalue weighted by molar-refractivity contribution is 6.07. The maximum Gasteiger partial charge on any atom is 0.259 e. The van der Waals surface area contributed by atoms with Crippen molar-refractivity contribution in [3.63, 3.8) is 0 Å². The predicted molar refractivity (Wildman–Crippen MR) is 130 cm³/mol. The van der Waals surface area contributed by atoms with E-state index in [1.54, 1.807) is 0 Å². The van der Waals surface area contributed by atoms with Crippen LogP contribution in [0.25, 0.3) is 22.4 Å². The highest BCUT2D eigenvalue weighted by atomic mass is 16.5. The molecule has 34 heavy (non-hydrogen) atoms. The largest absolute Gasteiger partial charge is 0.379 e. The summed E-state index contributed by atoms with van der Waals surface area (Å²) in [6, 6.07) is 18.1. The Morgan fingerprint density at radius 1 is 1.03 bits per heavy atom. The number of pyridine rings is 1. The highest BCUT2D eigenvalue weighted by Gasteiger charge is 2.20. The van der Waals surface area contributed by atoms with Crippen LogP contribution in [0.4, 0.5) is 0 Å². The summed E-state index contributed by atoms with van der Waals surface area (Å²) in [5, 5.41) is 7.81. The quantitative estimate of drug-likeness (QED) is 0.467. The van der Waals surface area contributed by atoms with E-state index in [4.69, 9.17) is 9.26 Å². The molecular formula is C27H28N4O3. The van der Waals surface area contributed by atoms with Crippen molar-refractivity contribution in [2.75, 3.05) is 26.3 Å². The molecule has 0 aliphatic carbocycles. The highest BCUT2D eigenvalue weighted by Crippen LogP contribution is 2.27. The number of rotatable bonds is 6. The zero-order valence-corrected chi connectivity index (χ0v) is 19.5. The van der Waals surface area contributed by atoms with E-state index in [2.05, 4.69) is 32.5 Å². The van der Waals surface area contributed by atoms with Crippen LogP contribution in [-0.4, -0.2) is 47.3 Å². The number of hydrogen-bond donors (Lipinski definition) is 1. The van der Waals surface area contributed by atoms with Gasteiger partial charge in [0, 0.05) is 31.7 Å². The van der Waals surface area contributed by atoms with Crippen molar-refractivity contribution in [2.45, 2.75) is 26.9 Å². The Kier molecular flexibility index (Phi) is 6.38. The number of nitrogens with zero attached hydrogens (tertiary/aromatic N) is 3. The molecule has 7 nitrogen and oxygen atoms in total. The number of amides is 1. The lowest BCUT2D eigenvalue weighted by atomic mass is 10.0. The minimum absolute atomic E-state index is 0.173. The van der Waals surface area contributed by atoms with Crippen LogP contribution < -0.4 is 5.32 Å². The van der Waals surface area contributed by atoms with Gasteiger partial charge in [-0.1, -0.05) is 59.3 Å². The van der Waals surface area contributed by atoms with Gasteiger partial charge < -0.3 is 14.6 Å². The third-order valence-corrected chi connectivity index (χ3v) is 6.26. The normalized spacial score (nSPS) is 14.4. The molecule has 1 fully saturated rings. The maximum absolute atomic E-state index is 13.4. The first-order valence-corrected chi connectivity index (χ1v) is 11.6. The molecular weight excluding hydrogens is 428 g/mol. The average Bonchev–Trinajstić information content (AvgIpc) is 3.24. The van der Waals surface area contributed by atoms with Crippen LogP contribution in [0.1, 0.15) is 32.7 Å². The first-order valence-electron chi connectivity index (χ1n) is 11.6. The molecule has 0 bridgehead atoms. The van der Waals surface area contributed by atoms with Crippen molar-refractivity contribution in [1.82, 2.24) is 20.4 Å². The molecule has 4 aromatic rings. The number of fused-ring (bicyclic) bond motifs is 1. The summed E-state index contributed by atoms with van der Waals surface area (Å²) >= 11 is 0. The van der Waals surface area contributed by atoms with Gasteiger partial charge in [-0.05, 0) is 31.0 Å². The molecule has 0 unspecified atom stereocenters. The van der Waals surface area contributed by atoms with Gasteiger partial charge in [-0.2, -0.15) is 0 Å². The van der Waals surface area contributed by atoms with Gasteiger partial charge in [0.05, 0.1) is 35.6 Å². The molecule has 2 aromatic heterocycles. The van der Waals surface area contributed by atoms with Gasteiger partial charge in [-0.25, -0.2) is 4.98 Å². The Balaban J connectivity index is 1.40. The molecule has 3 heterocycles.